The number of nitrogens with one attached hydrogen (secondary N) is 1. The third kappa shape index (κ3) is 1.97. The fourth-order valence-electron chi connectivity index (χ4n) is 2.38. The van der Waals surface area contributed by atoms with Crippen molar-refractivity contribution < 1.29 is 4.79 Å². The summed E-state index contributed by atoms with van der Waals surface area (Å²) in [5, 5.41) is 4.18. The maximum atomic E-state index is 11.8. The monoisotopic (exact) mass is 307 g/mol. The number of amides is 2. The maximum Gasteiger partial charge on any atom is 0.321 e. The van der Waals surface area contributed by atoms with Gasteiger partial charge in [0.2, 0.25) is 0 Å². The van der Waals surface area contributed by atoms with Gasteiger partial charge in [-0.1, -0.05) is 41.4 Å². The van der Waals surface area contributed by atoms with Crippen LogP contribution in [0.5, 0.6) is 0 Å². The van der Waals surface area contributed by atoms with E-state index in [1.165, 1.54) is 4.90 Å². The van der Waals surface area contributed by atoms with E-state index in [4.69, 9.17) is 28.9 Å². The molecule has 0 aromatic heterocycles. The molecule has 0 radical (unpaired) electrons. The minimum absolute atomic E-state index is 0.481. The van der Waals surface area contributed by atoms with Crippen LogP contribution in [-0.2, 0) is 0 Å². The summed E-state index contributed by atoms with van der Waals surface area (Å²) in [6.07, 6.45) is -0.508. The molecule has 1 heterocycles. The molecule has 0 bridgehead atoms. The first-order valence-electron chi connectivity index (χ1n) is 5.97. The molecule has 2 aromatic rings. The molecule has 1 atom stereocenters. The summed E-state index contributed by atoms with van der Waals surface area (Å²) in [6, 6.07) is 12.1. The molecule has 0 saturated heterocycles. The van der Waals surface area contributed by atoms with Crippen LogP contribution in [0.2, 0.25) is 10.0 Å². The second kappa shape index (κ2) is 4.89. The van der Waals surface area contributed by atoms with Crippen molar-refractivity contribution in [3.05, 3.63) is 58.1 Å². The van der Waals surface area contributed by atoms with Crippen LogP contribution in [0.4, 0.5) is 16.2 Å². The number of carbonyl (C=O) groups is 1. The third-order valence-corrected chi connectivity index (χ3v) is 3.88. The first-order chi connectivity index (χ1) is 9.59. The average molecular weight is 308 g/mol. The van der Waals surface area contributed by atoms with Gasteiger partial charge in [0.25, 0.3) is 0 Å². The molecule has 2 aromatic carbocycles. The van der Waals surface area contributed by atoms with Crippen LogP contribution in [-0.4, -0.2) is 6.03 Å². The van der Waals surface area contributed by atoms with E-state index in [0.717, 1.165) is 5.69 Å². The summed E-state index contributed by atoms with van der Waals surface area (Å²) in [7, 11) is 0. The van der Waals surface area contributed by atoms with Crippen molar-refractivity contribution in [3.63, 3.8) is 0 Å². The topological polar surface area (TPSA) is 58.4 Å². The molecule has 102 valence electrons. The first kappa shape index (κ1) is 13.1. The van der Waals surface area contributed by atoms with E-state index in [9.17, 15) is 4.79 Å². The third-order valence-electron chi connectivity index (χ3n) is 3.22. The zero-order valence-electron chi connectivity index (χ0n) is 10.3. The molecule has 6 heteroatoms. The van der Waals surface area contributed by atoms with E-state index in [1.54, 1.807) is 18.2 Å². The number of urea groups is 1. The van der Waals surface area contributed by atoms with Crippen LogP contribution in [0.25, 0.3) is 0 Å². The van der Waals surface area contributed by atoms with E-state index in [-0.39, 0.29) is 0 Å². The quantitative estimate of drug-likeness (QED) is 0.836. The molecular formula is C14H11Cl2N3O. The molecule has 2 amide bonds. The van der Waals surface area contributed by atoms with Gasteiger partial charge >= 0.3 is 6.03 Å². The molecule has 1 aliphatic rings. The van der Waals surface area contributed by atoms with Gasteiger partial charge in [0.1, 0.15) is 6.17 Å². The van der Waals surface area contributed by atoms with Crippen molar-refractivity contribution in [1.82, 2.24) is 0 Å². The van der Waals surface area contributed by atoms with Gasteiger partial charge in [-0.3, -0.25) is 4.90 Å². The molecule has 20 heavy (non-hydrogen) atoms. The summed E-state index contributed by atoms with van der Waals surface area (Å²) in [6.45, 7) is 0. The number of carbonyl (C=O) groups excluding carboxylic acids is 1. The Labute approximate surface area is 126 Å². The molecule has 3 rings (SSSR count). The van der Waals surface area contributed by atoms with Crippen molar-refractivity contribution in [1.29, 1.82) is 0 Å². The van der Waals surface area contributed by atoms with Gasteiger partial charge in [-0.25, -0.2) is 4.79 Å². The Morgan fingerprint density at radius 3 is 2.40 bits per heavy atom. The van der Waals surface area contributed by atoms with Crippen LogP contribution in [0, 0.1) is 0 Å². The lowest BCUT2D eigenvalue weighted by Crippen LogP contribution is -2.38. The predicted octanol–water partition coefficient (Wildman–Crippen LogP) is 4.00. The summed E-state index contributed by atoms with van der Waals surface area (Å²) < 4.78 is 0. The number of primary amides is 1. The minimum atomic E-state index is -0.566. The lowest BCUT2D eigenvalue weighted by Gasteiger charge is -2.24. The van der Waals surface area contributed by atoms with E-state index >= 15 is 0 Å². The van der Waals surface area contributed by atoms with Crippen LogP contribution < -0.4 is 16.0 Å². The van der Waals surface area contributed by atoms with Gasteiger partial charge in [-0.05, 0) is 24.3 Å². The largest absolute Gasteiger partial charge is 0.359 e. The van der Waals surface area contributed by atoms with E-state index in [2.05, 4.69) is 5.32 Å². The molecule has 0 spiro atoms. The molecule has 0 aliphatic carbocycles. The lowest BCUT2D eigenvalue weighted by molar-refractivity contribution is 0.253. The summed E-state index contributed by atoms with van der Waals surface area (Å²) in [5.74, 6) is 0. The standard InChI is InChI=1S/C14H11Cl2N3O/c15-8-4-3-5-9(16)12(8)13-18-10-6-1-2-7-11(10)19(13)14(17)20/h1-7,13,18H,(H2,17,20). The van der Waals surface area contributed by atoms with Crippen molar-refractivity contribution in [2.24, 2.45) is 5.73 Å². The molecular weight excluding hydrogens is 297 g/mol. The number of para-hydroxylation sites is 2. The number of rotatable bonds is 1. The fourth-order valence-corrected chi connectivity index (χ4v) is 2.98. The Morgan fingerprint density at radius 1 is 1.10 bits per heavy atom. The van der Waals surface area contributed by atoms with Gasteiger partial charge in [-0.2, -0.15) is 0 Å². The van der Waals surface area contributed by atoms with Crippen LogP contribution >= 0.6 is 23.2 Å². The zero-order chi connectivity index (χ0) is 14.3. The van der Waals surface area contributed by atoms with Gasteiger partial charge in [0.05, 0.1) is 11.4 Å². The number of halogens is 2. The zero-order valence-corrected chi connectivity index (χ0v) is 11.8. The molecule has 1 unspecified atom stereocenters. The number of hydrogen-bond acceptors (Lipinski definition) is 2. The molecule has 4 nitrogen and oxygen atoms in total. The maximum absolute atomic E-state index is 11.8. The highest BCUT2D eigenvalue weighted by Gasteiger charge is 2.35. The number of benzene rings is 2. The van der Waals surface area contributed by atoms with Gasteiger partial charge in [-0.15, -0.1) is 0 Å². The first-order valence-corrected chi connectivity index (χ1v) is 6.73. The molecule has 1 aliphatic heterocycles. The van der Waals surface area contributed by atoms with Gasteiger partial charge < -0.3 is 11.1 Å². The van der Waals surface area contributed by atoms with Crippen molar-refractivity contribution in [2.45, 2.75) is 6.17 Å². The highest BCUT2D eigenvalue weighted by molar-refractivity contribution is 6.36. The fraction of sp³-hybridized carbons (Fsp3) is 0.0714. The Balaban J connectivity index is 2.14. The van der Waals surface area contributed by atoms with E-state index < -0.39 is 12.2 Å². The second-order valence-corrected chi connectivity index (χ2v) is 5.22. The number of nitrogens with zero attached hydrogens (tertiary/aromatic N) is 1. The number of anilines is 2. The smallest absolute Gasteiger partial charge is 0.321 e. The van der Waals surface area contributed by atoms with E-state index in [1.807, 2.05) is 24.3 Å². The highest BCUT2D eigenvalue weighted by atomic mass is 35.5. The van der Waals surface area contributed by atoms with Crippen molar-refractivity contribution in [2.75, 3.05) is 10.2 Å². The summed E-state index contributed by atoms with van der Waals surface area (Å²) >= 11 is 12.4. The lowest BCUT2D eigenvalue weighted by atomic mass is 10.1. The minimum Gasteiger partial charge on any atom is -0.359 e. The Morgan fingerprint density at radius 2 is 1.75 bits per heavy atom. The van der Waals surface area contributed by atoms with Crippen molar-refractivity contribution >= 4 is 40.6 Å². The molecule has 3 N–H and O–H groups in total. The van der Waals surface area contributed by atoms with Gasteiger partial charge in [0, 0.05) is 15.6 Å². The Hall–Kier alpha value is -1.91. The predicted molar refractivity (Wildman–Crippen MR) is 81.3 cm³/mol. The SMILES string of the molecule is NC(=O)N1c2ccccc2NC1c1c(Cl)cccc1Cl. The van der Waals surface area contributed by atoms with Crippen LogP contribution in [0.1, 0.15) is 11.7 Å². The Kier molecular flexibility index (Phi) is 3.20. The van der Waals surface area contributed by atoms with Crippen molar-refractivity contribution in [3.8, 4) is 0 Å². The summed E-state index contributed by atoms with van der Waals surface area (Å²) in [5.41, 5.74) is 7.65. The molecule has 0 saturated carbocycles. The number of fused-ring (bicyclic) bond motifs is 1. The normalized spacial score (nSPS) is 16.7. The Bertz CT molecular complexity index is 670. The summed E-state index contributed by atoms with van der Waals surface area (Å²) in [4.78, 5) is 13.2. The second-order valence-electron chi connectivity index (χ2n) is 4.41. The van der Waals surface area contributed by atoms with Crippen LogP contribution in [0.3, 0.4) is 0 Å². The average Bonchev–Trinajstić information content (AvgIpc) is 2.77. The van der Waals surface area contributed by atoms with Gasteiger partial charge in [0.15, 0.2) is 0 Å². The number of nitrogens with two attached hydrogens (primary N) is 1. The van der Waals surface area contributed by atoms with Crippen LogP contribution in [0.15, 0.2) is 42.5 Å². The number of hydrogen-bond donors (Lipinski definition) is 2. The molecule has 0 fully saturated rings. The highest BCUT2D eigenvalue weighted by Crippen LogP contribution is 2.44. The van der Waals surface area contributed by atoms with E-state index in [0.29, 0.717) is 21.3 Å².